The van der Waals surface area contributed by atoms with E-state index in [0.29, 0.717) is 0 Å². The Morgan fingerprint density at radius 2 is 1.48 bits per heavy atom. The summed E-state index contributed by atoms with van der Waals surface area (Å²) in [7, 11) is 4.15. The number of para-hydroxylation sites is 1. The quantitative estimate of drug-likeness (QED) is 0.474. The third-order valence-corrected chi connectivity index (χ3v) is 5.64. The summed E-state index contributed by atoms with van der Waals surface area (Å²) in [4.78, 5) is 2.13. The summed E-state index contributed by atoms with van der Waals surface area (Å²) in [6.07, 6.45) is 0. The van der Waals surface area contributed by atoms with Crippen molar-refractivity contribution in [2.75, 3.05) is 19.0 Å². The number of rotatable bonds is 4. The Morgan fingerprint density at radius 1 is 0.800 bits per heavy atom. The zero-order chi connectivity index (χ0) is 17.2. The number of thiazole rings is 1. The maximum Gasteiger partial charge on any atom is 0.270 e. The second-order valence-electron chi connectivity index (χ2n) is 6.39. The van der Waals surface area contributed by atoms with Crippen LogP contribution in [0, 0.1) is 0 Å². The Balaban J connectivity index is 1.83. The van der Waals surface area contributed by atoms with Crippen LogP contribution in [-0.2, 0) is 6.54 Å². The van der Waals surface area contributed by atoms with Crippen LogP contribution in [0.5, 0.6) is 0 Å². The largest absolute Gasteiger partial charge is 0.378 e. The molecule has 0 aliphatic rings. The van der Waals surface area contributed by atoms with E-state index >= 15 is 0 Å². The molecule has 0 radical (unpaired) electrons. The van der Waals surface area contributed by atoms with Gasteiger partial charge in [0.25, 0.3) is 5.01 Å². The first-order valence-electron chi connectivity index (χ1n) is 8.45. The molecular formula is C22H21N2S+. The molecule has 0 unspecified atom stereocenters. The van der Waals surface area contributed by atoms with Crippen LogP contribution in [0.1, 0.15) is 5.56 Å². The number of benzene rings is 3. The Hall–Kier alpha value is -2.65. The molecule has 0 saturated carbocycles. The first-order valence-corrected chi connectivity index (χ1v) is 9.27. The zero-order valence-corrected chi connectivity index (χ0v) is 15.3. The zero-order valence-electron chi connectivity index (χ0n) is 14.5. The van der Waals surface area contributed by atoms with Crippen LogP contribution < -0.4 is 9.47 Å². The molecule has 1 aromatic heterocycles. The van der Waals surface area contributed by atoms with Crippen molar-refractivity contribution in [1.82, 2.24) is 0 Å². The monoisotopic (exact) mass is 345 g/mol. The van der Waals surface area contributed by atoms with Crippen LogP contribution in [0.25, 0.3) is 20.8 Å². The lowest BCUT2D eigenvalue weighted by Gasteiger charge is -2.11. The van der Waals surface area contributed by atoms with Gasteiger partial charge in [-0.3, -0.25) is 0 Å². The van der Waals surface area contributed by atoms with Crippen molar-refractivity contribution in [1.29, 1.82) is 0 Å². The lowest BCUT2D eigenvalue weighted by atomic mass is 10.2. The topological polar surface area (TPSA) is 7.12 Å². The molecule has 0 saturated heterocycles. The Kier molecular flexibility index (Phi) is 4.24. The predicted molar refractivity (Wildman–Crippen MR) is 107 cm³/mol. The molecule has 25 heavy (non-hydrogen) atoms. The Bertz CT molecular complexity index is 986. The van der Waals surface area contributed by atoms with Gasteiger partial charge in [0.2, 0.25) is 5.52 Å². The molecule has 4 aromatic rings. The van der Waals surface area contributed by atoms with Crippen LogP contribution in [-0.4, -0.2) is 14.1 Å². The van der Waals surface area contributed by atoms with Gasteiger partial charge in [-0.25, -0.2) is 0 Å². The molecule has 0 bridgehead atoms. The Morgan fingerprint density at radius 3 is 2.20 bits per heavy atom. The molecule has 0 N–H and O–H groups in total. The number of nitrogens with zero attached hydrogens (tertiary/aromatic N) is 2. The normalized spacial score (nSPS) is 11.0. The van der Waals surface area contributed by atoms with Crippen LogP contribution in [0.3, 0.4) is 0 Å². The van der Waals surface area contributed by atoms with Gasteiger partial charge in [0, 0.05) is 31.4 Å². The predicted octanol–water partition coefficient (Wildman–Crippen LogP) is 4.97. The van der Waals surface area contributed by atoms with Crippen LogP contribution in [0.2, 0.25) is 0 Å². The maximum atomic E-state index is 2.43. The van der Waals surface area contributed by atoms with E-state index in [1.165, 1.54) is 32.0 Å². The minimum Gasteiger partial charge on any atom is -0.378 e. The molecule has 0 aliphatic carbocycles. The van der Waals surface area contributed by atoms with E-state index in [-0.39, 0.29) is 0 Å². The van der Waals surface area contributed by atoms with Gasteiger partial charge in [0.15, 0.2) is 6.54 Å². The standard InChI is InChI=1S/C22H21N2S/c1-23(2)19-14-12-18(13-15-19)22-24(16-17-8-4-3-5-9-17)20-10-6-7-11-21(20)25-22/h3-15H,16H2,1-2H3/q+1. The highest BCUT2D eigenvalue weighted by atomic mass is 32.1. The van der Waals surface area contributed by atoms with E-state index in [1.54, 1.807) is 0 Å². The first kappa shape index (κ1) is 15.9. The van der Waals surface area contributed by atoms with Gasteiger partial charge in [0.1, 0.15) is 4.70 Å². The van der Waals surface area contributed by atoms with Gasteiger partial charge >= 0.3 is 0 Å². The molecule has 0 fully saturated rings. The average molecular weight is 345 g/mol. The smallest absolute Gasteiger partial charge is 0.270 e. The Labute approximate surface area is 152 Å². The van der Waals surface area contributed by atoms with Gasteiger partial charge in [-0.05, 0) is 30.3 Å². The average Bonchev–Trinajstić information content (AvgIpc) is 3.01. The van der Waals surface area contributed by atoms with E-state index in [0.717, 1.165) is 6.54 Å². The molecule has 0 amide bonds. The van der Waals surface area contributed by atoms with E-state index in [9.17, 15) is 0 Å². The van der Waals surface area contributed by atoms with Gasteiger partial charge in [-0.1, -0.05) is 53.8 Å². The van der Waals surface area contributed by atoms with Gasteiger partial charge < -0.3 is 4.90 Å². The SMILES string of the molecule is CN(C)c1ccc(-c2sc3ccccc3[n+]2Cc2ccccc2)cc1. The van der Waals surface area contributed by atoms with Crippen molar-refractivity contribution >= 4 is 27.2 Å². The van der Waals surface area contributed by atoms with E-state index in [4.69, 9.17) is 0 Å². The third kappa shape index (κ3) is 3.15. The minimum atomic E-state index is 0.885. The fourth-order valence-electron chi connectivity index (χ4n) is 3.07. The van der Waals surface area contributed by atoms with Crippen molar-refractivity contribution in [2.45, 2.75) is 6.54 Å². The summed E-state index contributed by atoms with van der Waals surface area (Å²) in [6, 6.07) is 28.2. The second-order valence-corrected chi connectivity index (χ2v) is 7.42. The number of hydrogen-bond acceptors (Lipinski definition) is 2. The molecule has 124 valence electrons. The van der Waals surface area contributed by atoms with Crippen LogP contribution in [0.4, 0.5) is 5.69 Å². The van der Waals surface area contributed by atoms with Gasteiger partial charge in [-0.2, -0.15) is 4.57 Å². The van der Waals surface area contributed by atoms with Crippen molar-refractivity contribution in [3.05, 3.63) is 84.4 Å². The molecular weight excluding hydrogens is 324 g/mol. The lowest BCUT2D eigenvalue weighted by Crippen LogP contribution is -2.35. The summed E-state index contributed by atoms with van der Waals surface area (Å²) in [5.74, 6) is 0. The molecule has 2 nitrogen and oxygen atoms in total. The van der Waals surface area contributed by atoms with E-state index < -0.39 is 0 Å². The summed E-state index contributed by atoms with van der Waals surface area (Å²) in [5.41, 5.74) is 5.10. The highest BCUT2D eigenvalue weighted by Gasteiger charge is 2.22. The van der Waals surface area contributed by atoms with E-state index in [2.05, 4.69) is 102 Å². The van der Waals surface area contributed by atoms with Gasteiger partial charge in [0.05, 0.1) is 5.56 Å². The number of fused-ring (bicyclic) bond motifs is 1. The van der Waals surface area contributed by atoms with E-state index in [1.807, 2.05) is 11.3 Å². The van der Waals surface area contributed by atoms with Crippen LogP contribution >= 0.6 is 11.3 Å². The fourth-order valence-corrected chi connectivity index (χ4v) is 4.24. The number of hydrogen-bond donors (Lipinski definition) is 0. The molecule has 0 aliphatic heterocycles. The summed E-state index contributed by atoms with van der Waals surface area (Å²) in [5, 5.41) is 1.30. The van der Waals surface area contributed by atoms with Crippen molar-refractivity contribution < 1.29 is 4.57 Å². The maximum absolute atomic E-state index is 2.43. The van der Waals surface area contributed by atoms with Crippen molar-refractivity contribution in [3.8, 4) is 10.6 Å². The molecule has 4 rings (SSSR count). The molecule has 0 spiro atoms. The summed E-state index contributed by atoms with van der Waals surface area (Å²) < 4.78 is 3.75. The minimum absolute atomic E-state index is 0.885. The molecule has 3 aromatic carbocycles. The first-order chi connectivity index (χ1) is 12.2. The highest BCUT2D eigenvalue weighted by Crippen LogP contribution is 2.30. The number of aromatic nitrogens is 1. The van der Waals surface area contributed by atoms with Crippen molar-refractivity contribution in [2.24, 2.45) is 0 Å². The second kappa shape index (κ2) is 6.69. The molecule has 1 heterocycles. The van der Waals surface area contributed by atoms with Crippen molar-refractivity contribution in [3.63, 3.8) is 0 Å². The summed E-state index contributed by atoms with van der Waals surface area (Å²) in [6.45, 7) is 0.885. The molecule has 3 heteroatoms. The fraction of sp³-hybridized carbons (Fsp3) is 0.136. The third-order valence-electron chi connectivity index (χ3n) is 4.42. The van der Waals surface area contributed by atoms with Gasteiger partial charge in [-0.15, -0.1) is 0 Å². The summed E-state index contributed by atoms with van der Waals surface area (Å²) >= 11 is 1.86. The van der Waals surface area contributed by atoms with Crippen LogP contribution in [0.15, 0.2) is 78.9 Å². The highest BCUT2D eigenvalue weighted by molar-refractivity contribution is 7.21. The molecule has 0 atom stereocenters. The number of anilines is 1. The lowest BCUT2D eigenvalue weighted by molar-refractivity contribution is -0.647.